The number of anilines is 1. The van der Waals surface area contributed by atoms with E-state index >= 15 is 0 Å². The molecule has 3 aromatic rings. The number of imide groups is 1. The van der Waals surface area contributed by atoms with Crippen LogP contribution in [0.4, 0.5) is 5.69 Å². The van der Waals surface area contributed by atoms with Gasteiger partial charge in [-0.15, -0.1) is 0 Å². The molecule has 142 valence electrons. The Morgan fingerprint density at radius 3 is 2.31 bits per heavy atom. The minimum Gasteiger partial charge on any atom is -0.274 e. The maximum Gasteiger partial charge on any atom is 0.238 e. The molecule has 6 rings (SSSR count). The average Bonchev–Trinajstić information content (AvgIpc) is 3.41. The van der Waals surface area contributed by atoms with Crippen molar-refractivity contribution in [2.45, 2.75) is 6.42 Å². The molecule has 2 bridgehead atoms. The van der Waals surface area contributed by atoms with Crippen LogP contribution in [-0.4, -0.2) is 21.8 Å². The molecular formula is C23H16BrN3O2. The summed E-state index contributed by atoms with van der Waals surface area (Å²) in [5, 5.41) is 0.969. The van der Waals surface area contributed by atoms with Crippen molar-refractivity contribution in [1.29, 1.82) is 0 Å². The molecule has 0 spiro atoms. The third-order valence-corrected chi connectivity index (χ3v) is 6.89. The van der Waals surface area contributed by atoms with E-state index in [1.807, 2.05) is 42.5 Å². The van der Waals surface area contributed by atoms with Gasteiger partial charge in [0.05, 0.1) is 23.0 Å². The molecule has 3 aliphatic rings. The zero-order valence-corrected chi connectivity index (χ0v) is 16.9. The van der Waals surface area contributed by atoms with E-state index in [4.69, 9.17) is 0 Å². The predicted molar refractivity (Wildman–Crippen MR) is 113 cm³/mol. The Labute approximate surface area is 175 Å². The van der Waals surface area contributed by atoms with Gasteiger partial charge in [-0.1, -0.05) is 34.1 Å². The topological polar surface area (TPSA) is 63.2 Å². The number of benzene rings is 2. The van der Waals surface area contributed by atoms with Crippen molar-refractivity contribution < 1.29 is 9.59 Å². The fourth-order valence-corrected chi connectivity index (χ4v) is 5.40. The first-order valence-corrected chi connectivity index (χ1v) is 10.5. The molecule has 2 aliphatic carbocycles. The minimum atomic E-state index is -0.181. The number of carbonyl (C=O) groups is 2. The Morgan fingerprint density at radius 1 is 0.931 bits per heavy atom. The van der Waals surface area contributed by atoms with Gasteiger partial charge in [0, 0.05) is 21.6 Å². The fourth-order valence-electron chi connectivity index (χ4n) is 5.05. The Bertz CT molecular complexity index is 1190. The smallest absolute Gasteiger partial charge is 0.238 e. The molecule has 4 atom stereocenters. The Hall–Kier alpha value is -2.86. The number of carbonyl (C=O) groups excluding carboxylic acids is 2. The third kappa shape index (κ3) is 2.45. The molecular weight excluding hydrogens is 430 g/mol. The molecule has 1 aromatic heterocycles. The van der Waals surface area contributed by atoms with Gasteiger partial charge in [0.2, 0.25) is 11.8 Å². The first-order chi connectivity index (χ1) is 14.1. The zero-order valence-electron chi connectivity index (χ0n) is 15.3. The fraction of sp³-hybridized carbons (Fsp3) is 0.217. The van der Waals surface area contributed by atoms with Crippen molar-refractivity contribution >= 4 is 44.3 Å². The van der Waals surface area contributed by atoms with Crippen LogP contribution >= 0.6 is 15.9 Å². The molecule has 2 fully saturated rings. The number of nitrogens with zero attached hydrogens (tertiary/aromatic N) is 3. The van der Waals surface area contributed by atoms with Crippen LogP contribution in [-0.2, 0) is 9.59 Å². The Kier molecular flexibility index (Phi) is 3.56. The van der Waals surface area contributed by atoms with Gasteiger partial charge in [-0.2, -0.15) is 0 Å². The highest BCUT2D eigenvalue weighted by atomic mass is 79.9. The summed E-state index contributed by atoms with van der Waals surface area (Å²) < 4.78 is 0.963. The lowest BCUT2D eigenvalue weighted by atomic mass is 9.85. The van der Waals surface area contributed by atoms with Crippen molar-refractivity contribution in [3.05, 3.63) is 65.3 Å². The van der Waals surface area contributed by atoms with Gasteiger partial charge in [-0.25, -0.2) is 9.97 Å². The Balaban J connectivity index is 1.32. The highest BCUT2D eigenvalue weighted by molar-refractivity contribution is 9.10. The zero-order chi connectivity index (χ0) is 19.7. The van der Waals surface area contributed by atoms with Crippen LogP contribution < -0.4 is 4.90 Å². The molecule has 1 aliphatic heterocycles. The maximum absolute atomic E-state index is 13.0. The maximum atomic E-state index is 13.0. The molecule has 6 heteroatoms. The Morgan fingerprint density at radius 2 is 1.62 bits per heavy atom. The van der Waals surface area contributed by atoms with E-state index in [9.17, 15) is 9.59 Å². The van der Waals surface area contributed by atoms with Gasteiger partial charge in [0.15, 0.2) is 5.82 Å². The summed E-state index contributed by atoms with van der Waals surface area (Å²) >= 11 is 3.47. The molecule has 5 nitrogen and oxygen atoms in total. The van der Waals surface area contributed by atoms with Gasteiger partial charge in [0.25, 0.3) is 0 Å². The van der Waals surface area contributed by atoms with E-state index in [1.54, 1.807) is 6.20 Å². The normalized spacial score (nSPS) is 27.3. The number of aromatic nitrogens is 2. The molecule has 29 heavy (non-hydrogen) atoms. The number of hydrogen-bond acceptors (Lipinski definition) is 4. The van der Waals surface area contributed by atoms with Gasteiger partial charge in [-0.3, -0.25) is 14.5 Å². The van der Waals surface area contributed by atoms with E-state index in [2.05, 4.69) is 38.0 Å². The van der Waals surface area contributed by atoms with Crippen LogP contribution in [0.2, 0.25) is 0 Å². The lowest BCUT2D eigenvalue weighted by molar-refractivity contribution is -0.123. The van der Waals surface area contributed by atoms with Gasteiger partial charge < -0.3 is 0 Å². The summed E-state index contributed by atoms with van der Waals surface area (Å²) in [7, 11) is 0. The molecule has 0 N–H and O–H groups in total. The number of allylic oxidation sites excluding steroid dienone is 2. The summed E-state index contributed by atoms with van der Waals surface area (Å²) in [6, 6.07) is 13.3. The van der Waals surface area contributed by atoms with E-state index in [1.165, 1.54) is 4.90 Å². The van der Waals surface area contributed by atoms with E-state index in [0.717, 1.165) is 27.4 Å². The first-order valence-electron chi connectivity index (χ1n) is 9.69. The van der Waals surface area contributed by atoms with Crippen LogP contribution in [0.3, 0.4) is 0 Å². The summed E-state index contributed by atoms with van der Waals surface area (Å²) in [4.78, 5) is 36.4. The monoisotopic (exact) mass is 445 g/mol. The quantitative estimate of drug-likeness (QED) is 0.433. The lowest BCUT2D eigenvalue weighted by Crippen LogP contribution is -2.32. The second kappa shape index (κ2) is 6.07. The molecule has 1 saturated heterocycles. The largest absolute Gasteiger partial charge is 0.274 e. The molecule has 2 amide bonds. The van der Waals surface area contributed by atoms with Gasteiger partial charge in [0.1, 0.15) is 0 Å². The van der Waals surface area contributed by atoms with Crippen LogP contribution in [0.1, 0.15) is 6.42 Å². The number of rotatable bonds is 2. The predicted octanol–water partition coefficient (Wildman–Crippen LogP) is 4.37. The summed E-state index contributed by atoms with van der Waals surface area (Å²) in [6.07, 6.45) is 6.96. The van der Waals surface area contributed by atoms with Crippen molar-refractivity contribution in [2.24, 2.45) is 23.7 Å². The average molecular weight is 446 g/mol. The SMILES string of the molecule is O=C1C2C3C=CC(C3)C2C(=O)N1c1ccc(-c2ncc3ccc(Br)cc3n2)cc1. The highest BCUT2D eigenvalue weighted by Crippen LogP contribution is 2.53. The number of amides is 2. The summed E-state index contributed by atoms with van der Waals surface area (Å²) in [5.41, 5.74) is 2.33. The molecule has 2 aromatic carbocycles. The van der Waals surface area contributed by atoms with E-state index in [-0.39, 0.29) is 35.5 Å². The van der Waals surface area contributed by atoms with Crippen LogP contribution in [0, 0.1) is 23.7 Å². The van der Waals surface area contributed by atoms with Crippen molar-refractivity contribution in [1.82, 2.24) is 9.97 Å². The van der Waals surface area contributed by atoms with Gasteiger partial charge in [-0.05, 0) is 54.7 Å². The first kappa shape index (κ1) is 17.0. The van der Waals surface area contributed by atoms with Crippen molar-refractivity contribution in [3.63, 3.8) is 0 Å². The third-order valence-electron chi connectivity index (χ3n) is 6.40. The van der Waals surface area contributed by atoms with Crippen LogP contribution in [0.25, 0.3) is 22.3 Å². The summed E-state index contributed by atoms with van der Waals surface area (Å²) in [6.45, 7) is 0. The highest BCUT2D eigenvalue weighted by Gasteiger charge is 2.59. The van der Waals surface area contributed by atoms with Crippen molar-refractivity contribution in [2.75, 3.05) is 4.90 Å². The number of hydrogen-bond donors (Lipinski definition) is 0. The van der Waals surface area contributed by atoms with E-state index < -0.39 is 0 Å². The molecule has 2 heterocycles. The number of fused-ring (bicyclic) bond motifs is 6. The lowest BCUT2D eigenvalue weighted by Gasteiger charge is -2.17. The van der Waals surface area contributed by atoms with Crippen LogP contribution in [0.15, 0.2) is 65.3 Å². The molecule has 4 unspecified atom stereocenters. The van der Waals surface area contributed by atoms with Crippen molar-refractivity contribution in [3.8, 4) is 11.4 Å². The number of halogens is 1. The summed E-state index contributed by atoms with van der Waals surface area (Å²) in [5.74, 6) is 0.569. The van der Waals surface area contributed by atoms with E-state index in [0.29, 0.717) is 11.5 Å². The molecule has 1 saturated carbocycles. The van der Waals surface area contributed by atoms with Gasteiger partial charge >= 0.3 is 0 Å². The minimum absolute atomic E-state index is 0.0589. The second-order valence-electron chi connectivity index (χ2n) is 7.96. The molecule has 0 radical (unpaired) electrons. The van der Waals surface area contributed by atoms with Crippen LogP contribution in [0.5, 0.6) is 0 Å². The second-order valence-corrected chi connectivity index (χ2v) is 8.87. The standard InChI is InChI=1S/C23H16BrN3O2/c24-16-6-3-15-11-25-21(26-18(15)10-16)12-4-7-17(8-5-12)27-22(28)19-13-1-2-14(9-13)20(19)23(27)29/h1-8,10-11,13-14,19-20H,9H2.